The zero-order chi connectivity index (χ0) is 14.7. The number of ether oxygens (including phenoxy) is 4. The first-order chi connectivity index (χ1) is 8.97. The third-order valence-corrected chi connectivity index (χ3v) is 2.09. The van der Waals surface area contributed by atoms with Crippen LogP contribution in [0.4, 0.5) is 0 Å². The minimum absolute atomic E-state index is 0.0136. The van der Waals surface area contributed by atoms with E-state index in [4.69, 9.17) is 18.9 Å². The molecular weight excluding hydrogens is 248 g/mol. The monoisotopic (exact) mass is 272 g/mol. The molecule has 0 radical (unpaired) electrons. The fraction of sp³-hybridized carbons (Fsp3) is 0.643. The van der Waals surface area contributed by atoms with E-state index in [2.05, 4.69) is 13.2 Å². The first kappa shape index (κ1) is 17.7. The van der Waals surface area contributed by atoms with Crippen molar-refractivity contribution in [3.63, 3.8) is 0 Å². The molecule has 2 atom stereocenters. The number of carbonyl (C=O) groups is 1. The first-order valence-corrected chi connectivity index (χ1v) is 6.25. The molecule has 19 heavy (non-hydrogen) atoms. The largest absolute Gasteiger partial charge is 0.499 e. The summed E-state index contributed by atoms with van der Waals surface area (Å²) in [6.45, 7) is 13.9. The van der Waals surface area contributed by atoms with E-state index in [1.165, 1.54) is 6.26 Å². The molecule has 0 saturated carbocycles. The summed E-state index contributed by atoms with van der Waals surface area (Å²) >= 11 is 0. The summed E-state index contributed by atoms with van der Waals surface area (Å²) in [4.78, 5) is 11.2. The van der Waals surface area contributed by atoms with E-state index in [0.29, 0.717) is 32.0 Å². The van der Waals surface area contributed by atoms with Gasteiger partial charge in [-0.15, -0.1) is 0 Å². The van der Waals surface area contributed by atoms with Crippen molar-refractivity contribution in [1.82, 2.24) is 0 Å². The molecule has 0 aliphatic heterocycles. The van der Waals surface area contributed by atoms with Gasteiger partial charge >= 0.3 is 5.97 Å². The lowest BCUT2D eigenvalue weighted by molar-refractivity contribution is -0.146. The SMILES string of the molecule is C=COCC(C)OCCOCC(C)OC(=O)C(=C)C. The number of hydrogen-bond donors (Lipinski definition) is 0. The fourth-order valence-electron chi connectivity index (χ4n) is 1.13. The van der Waals surface area contributed by atoms with Crippen molar-refractivity contribution in [3.05, 3.63) is 25.0 Å². The Morgan fingerprint density at radius 1 is 1.21 bits per heavy atom. The maximum Gasteiger partial charge on any atom is 0.333 e. The number of rotatable bonds is 11. The lowest BCUT2D eigenvalue weighted by Crippen LogP contribution is -2.23. The van der Waals surface area contributed by atoms with Crippen LogP contribution >= 0.6 is 0 Å². The summed E-state index contributed by atoms with van der Waals surface area (Å²) in [6, 6.07) is 0. The zero-order valence-electron chi connectivity index (χ0n) is 12.0. The van der Waals surface area contributed by atoms with Gasteiger partial charge in [-0.1, -0.05) is 13.2 Å². The molecule has 0 aliphatic carbocycles. The zero-order valence-corrected chi connectivity index (χ0v) is 12.0. The molecule has 0 N–H and O–H groups in total. The quantitative estimate of drug-likeness (QED) is 0.249. The summed E-state index contributed by atoms with van der Waals surface area (Å²) in [5.41, 5.74) is 0.381. The normalized spacial score (nSPS) is 13.4. The second-order valence-corrected chi connectivity index (χ2v) is 4.25. The summed E-state index contributed by atoms with van der Waals surface area (Å²) in [6.07, 6.45) is 1.07. The van der Waals surface area contributed by atoms with Crippen molar-refractivity contribution >= 4 is 5.97 Å². The molecule has 0 bridgehead atoms. The first-order valence-electron chi connectivity index (χ1n) is 6.25. The summed E-state index contributed by atoms with van der Waals surface area (Å²) < 4.78 is 20.8. The molecule has 5 heteroatoms. The van der Waals surface area contributed by atoms with Gasteiger partial charge in [0.2, 0.25) is 0 Å². The highest BCUT2D eigenvalue weighted by molar-refractivity contribution is 5.87. The lowest BCUT2D eigenvalue weighted by atomic mass is 10.3. The Bertz CT molecular complexity index is 288. The lowest BCUT2D eigenvalue weighted by Gasteiger charge is -2.15. The molecule has 0 spiro atoms. The molecule has 0 heterocycles. The van der Waals surface area contributed by atoms with Crippen molar-refractivity contribution in [2.75, 3.05) is 26.4 Å². The summed E-state index contributed by atoms with van der Waals surface area (Å²) in [5, 5.41) is 0. The van der Waals surface area contributed by atoms with Crippen LogP contribution in [0.25, 0.3) is 0 Å². The average molecular weight is 272 g/mol. The van der Waals surface area contributed by atoms with Gasteiger partial charge in [-0.2, -0.15) is 0 Å². The summed E-state index contributed by atoms with van der Waals surface area (Å²) in [7, 11) is 0. The van der Waals surface area contributed by atoms with Crippen molar-refractivity contribution in [2.45, 2.75) is 33.0 Å². The van der Waals surface area contributed by atoms with Gasteiger partial charge in [0.15, 0.2) is 0 Å². The van der Waals surface area contributed by atoms with Gasteiger partial charge in [-0.3, -0.25) is 0 Å². The molecule has 0 aromatic carbocycles. The highest BCUT2D eigenvalue weighted by atomic mass is 16.6. The number of esters is 1. The molecule has 2 unspecified atom stereocenters. The maximum absolute atomic E-state index is 11.2. The highest BCUT2D eigenvalue weighted by Crippen LogP contribution is 1.99. The van der Waals surface area contributed by atoms with Crippen LogP contribution in [-0.4, -0.2) is 44.6 Å². The Kier molecular flexibility index (Phi) is 9.84. The van der Waals surface area contributed by atoms with Crippen LogP contribution in [0.2, 0.25) is 0 Å². The molecular formula is C14H24O5. The average Bonchev–Trinajstić information content (AvgIpc) is 2.35. The van der Waals surface area contributed by atoms with Crippen LogP contribution < -0.4 is 0 Å². The summed E-state index contributed by atoms with van der Waals surface area (Å²) in [5.74, 6) is -0.400. The van der Waals surface area contributed by atoms with Crippen LogP contribution in [0, 0.1) is 0 Å². The van der Waals surface area contributed by atoms with E-state index in [9.17, 15) is 4.79 Å². The van der Waals surface area contributed by atoms with E-state index in [-0.39, 0.29) is 12.2 Å². The predicted octanol–water partition coefficient (Wildman–Crippen LogP) is 2.08. The van der Waals surface area contributed by atoms with Gasteiger partial charge in [0.05, 0.1) is 32.2 Å². The van der Waals surface area contributed by atoms with Crippen LogP contribution in [0.5, 0.6) is 0 Å². The minimum Gasteiger partial charge on any atom is -0.499 e. The van der Waals surface area contributed by atoms with Crippen LogP contribution in [0.15, 0.2) is 25.0 Å². The third kappa shape index (κ3) is 10.3. The Morgan fingerprint density at radius 3 is 2.47 bits per heavy atom. The van der Waals surface area contributed by atoms with Gasteiger partial charge in [-0.25, -0.2) is 4.79 Å². The molecule has 0 fully saturated rings. The Labute approximate surface area is 115 Å². The highest BCUT2D eigenvalue weighted by Gasteiger charge is 2.10. The molecule has 0 saturated heterocycles. The molecule has 0 aromatic rings. The maximum atomic E-state index is 11.2. The van der Waals surface area contributed by atoms with E-state index in [0.717, 1.165) is 0 Å². The standard InChI is InChI=1S/C14H24O5/c1-6-16-9-12(4)18-8-7-17-10-13(5)19-14(15)11(2)3/h6,12-13H,1-2,7-10H2,3-5H3. The van der Waals surface area contributed by atoms with Crippen molar-refractivity contribution in [1.29, 1.82) is 0 Å². The van der Waals surface area contributed by atoms with E-state index in [1.54, 1.807) is 13.8 Å². The molecule has 0 aromatic heterocycles. The van der Waals surface area contributed by atoms with Crippen molar-refractivity contribution in [3.8, 4) is 0 Å². The molecule has 5 nitrogen and oxygen atoms in total. The molecule has 110 valence electrons. The topological polar surface area (TPSA) is 54.0 Å². The van der Waals surface area contributed by atoms with Gasteiger partial charge < -0.3 is 18.9 Å². The Morgan fingerprint density at radius 2 is 1.89 bits per heavy atom. The number of carbonyl (C=O) groups excluding carboxylic acids is 1. The van der Waals surface area contributed by atoms with Gasteiger partial charge in [-0.05, 0) is 20.8 Å². The smallest absolute Gasteiger partial charge is 0.333 e. The van der Waals surface area contributed by atoms with Gasteiger partial charge in [0.1, 0.15) is 12.7 Å². The number of hydrogen-bond acceptors (Lipinski definition) is 5. The van der Waals surface area contributed by atoms with Crippen LogP contribution in [0.1, 0.15) is 20.8 Å². The van der Waals surface area contributed by atoms with Crippen molar-refractivity contribution < 1.29 is 23.7 Å². The second-order valence-electron chi connectivity index (χ2n) is 4.25. The van der Waals surface area contributed by atoms with E-state index < -0.39 is 5.97 Å². The third-order valence-electron chi connectivity index (χ3n) is 2.09. The Hall–Kier alpha value is -1.33. The van der Waals surface area contributed by atoms with Crippen LogP contribution in [-0.2, 0) is 23.7 Å². The molecule has 0 rings (SSSR count). The van der Waals surface area contributed by atoms with Gasteiger partial charge in [0, 0.05) is 5.57 Å². The fourth-order valence-corrected chi connectivity index (χ4v) is 1.13. The molecule has 0 amide bonds. The van der Waals surface area contributed by atoms with E-state index >= 15 is 0 Å². The Balaban J connectivity index is 3.50. The van der Waals surface area contributed by atoms with Crippen LogP contribution in [0.3, 0.4) is 0 Å². The second kappa shape index (κ2) is 10.6. The van der Waals surface area contributed by atoms with Gasteiger partial charge in [0.25, 0.3) is 0 Å². The van der Waals surface area contributed by atoms with Crippen molar-refractivity contribution in [2.24, 2.45) is 0 Å². The predicted molar refractivity (Wildman–Crippen MR) is 72.8 cm³/mol. The molecule has 0 aliphatic rings. The van der Waals surface area contributed by atoms with E-state index in [1.807, 2.05) is 6.92 Å². The minimum atomic E-state index is -0.400.